The second-order valence-corrected chi connectivity index (χ2v) is 8.03. The monoisotopic (exact) mass is 406 g/mol. The van der Waals surface area contributed by atoms with E-state index in [1.165, 1.54) is 12.7 Å². The summed E-state index contributed by atoms with van der Waals surface area (Å²) in [5, 5.41) is 2.60. The van der Waals surface area contributed by atoms with E-state index in [-0.39, 0.29) is 5.78 Å². The van der Waals surface area contributed by atoms with Crippen molar-refractivity contribution in [3.63, 3.8) is 0 Å². The number of likely N-dealkylation sites (N-methyl/N-ethyl adjacent to an activating group) is 1. The number of rotatable bonds is 5. The number of benzene rings is 1. The number of methoxy groups -OCH3 is 1. The molecule has 0 aliphatic carbocycles. The highest BCUT2D eigenvalue weighted by Gasteiger charge is 2.33. The number of alkyl carbamates (subject to hydrolysis) is 1. The molecule has 4 rings (SSSR count). The summed E-state index contributed by atoms with van der Waals surface area (Å²) in [5.74, 6) is 1.37. The fourth-order valence-electron chi connectivity index (χ4n) is 4.43. The molecule has 1 saturated heterocycles. The largest absolute Gasteiger partial charge is 0.453 e. The van der Waals surface area contributed by atoms with Crippen LogP contribution < -0.4 is 5.32 Å². The molecule has 2 aliphatic rings. The predicted molar refractivity (Wildman–Crippen MR) is 114 cm³/mol. The Morgan fingerprint density at radius 2 is 2.03 bits per heavy atom. The lowest BCUT2D eigenvalue weighted by Crippen LogP contribution is -2.30. The van der Waals surface area contributed by atoms with Gasteiger partial charge in [0.1, 0.15) is 11.6 Å². The van der Waals surface area contributed by atoms with Crippen molar-refractivity contribution in [3.05, 3.63) is 65.0 Å². The second-order valence-electron chi connectivity index (χ2n) is 8.03. The molecule has 0 saturated carbocycles. The van der Waals surface area contributed by atoms with Crippen LogP contribution in [0.15, 0.2) is 47.6 Å². The van der Waals surface area contributed by atoms with Crippen LogP contribution in [0.25, 0.3) is 0 Å². The number of fused-ring (bicyclic) bond motifs is 1. The molecule has 30 heavy (non-hydrogen) atoms. The number of pyridine rings is 1. The summed E-state index contributed by atoms with van der Waals surface area (Å²) in [4.78, 5) is 35.3. The first kappa shape index (κ1) is 20.2. The van der Waals surface area contributed by atoms with Gasteiger partial charge in [-0.05, 0) is 30.2 Å². The van der Waals surface area contributed by atoms with Crippen molar-refractivity contribution in [2.24, 2.45) is 10.9 Å². The summed E-state index contributed by atoms with van der Waals surface area (Å²) in [6.45, 7) is 2.37. The van der Waals surface area contributed by atoms with E-state index in [1.807, 2.05) is 12.1 Å². The van der Waals surface area contributed by atoms with Gasteiger partial charge in [0.2, 0.25) is 0 Å². The Bertz CT molecular complexity index is 974. The van der Waals surface area contributed by atoms with E-state index in [2.05, 4.69) is 56.2 Å². The van der Waals surface area contributed by atoms with E-state index >= 15 is 0 Å². The van der Waals surface area contributed by atoms with E-state index < -0.39 is 6.09 Å². The van der Waals surface area contributed by atoms with Gasteiger partial charge in [0.15, 0.2) is 0 Å². The molecule has 1 aromatic heterocycles. The van der Waals surface area contributed by atoms with Gasteiger partial charge in [-0.25, -0.2) is 4.79 Å². The topological polar surface area (TPSA) is 83.9 Å². The van der Waals surface area contributed by atoms with Crippen LogP contribution in [0.4, 0.5) is 4.79 Å². The highest BCUT2D eigenvalue weighted by atomic mass is 16.5. The molecule has 0 spiro atoms. The van der Waals surface area contributed by atoms with Gasteiger partial charge in [-0.2, -0.15) is 0 Å². The van der Waals surface area contributed by atoms with Crippen LogP contribution in [-0.2, 0) is 22.5 Å². The fraction of sp³-hybridized carbons (Fsp3) is 0.391. The first-order valence-electron chi connectivity index (χ1n) is 10.2. The maximum absolute atomic E-state index is 12.8. The number of aromatic nitrogens is 1. The zero-order valence-electron chi connectivity index (χ0n) is 17.3. The summed E-state index contributed by atoms with van der Waals surface area (Å²) in [6.07, 6.45) is 1.98. The fourth-order valence-corrected chi connectivity index (χ4v) is 4.43. The average molecular weight is 406 g/mol. The zero-order chi connectivity index (χ0) is 21.1. The molecule has 0 radical (unpaired) electrons. The number of likely N-dealkylation sites (tertiary alicyclic amines) is 1. The van der Waals surface area contributed by atoms with Crippen LogP contribution in [0, 0.1) is 5.92 Å². The number of ketones is 1. The Morgan fingerprint density at radius 1 is 1.23 bits per heavy atom. The highest BCUT2D eigenvalue weighted by Crippen LogP contribution is 2.34. The summed E-state index contributed by atoms with van der Waals surface area (Å²) < 4.78 is 4.62. The van der Waals surface area contributed by atoms with Crippen molar-refractivity contribution in [1.29, 1.82) is 0 Å². The van der Waals surface area contributed by atoms with Crippen LogP contribution in [0.5, 0.6) is 0 Å². The molecular formula is C23H26N4O3. The summed E-state index contributed by atoms with van der Waals surface area (Å²) in [5.41, 5.74) is 3.79. The van der Waals surface area contributed by atoms with E-state index in [1.54, 1.807) is 6.20 Å². The molecular weight excluding hydrogens is 380 g/mol. The zero-order valence-corrected chi connectivity index (χ0v) is 17.3. The van der Waals surface area contributed by atoms with Crippen molar-refractivity contribution in [2.45, 2.75) is 25.3 Å². The Morgan fingerprint density at radius 3 is 2.80 bits per heavy atom. The van der Waals surface area contributed by atoms with Crippen LogP contribution in [0.3, 0.4) is 0 Å². The molecule has 1 amide bonds. The van der Waals surface area contributed by atoms with Crippen molar-refractivity contribution >= 4 is 17.7 Å². The first-order chi connectivity index (χ1) is 14.5. The normalized spacial score (nSPS) is 20.5. The van der Waals surface area contributed by atoms with E-state index in [0.717, 1.165) is 29.9 Å². The van der Waals surface area contributed by atoms with Gasteiger partial charge in [0, 0.05) is 49.3 Å². The summed E-state index contributed by atoms with van der Waals surface area (Å²) in [7, 11) is 3.42. The minimum Gasteiger partial charge on any atom is -0.453 e. The Labute approximate surface area is 176 Å². The maximum atomic E-state index is 12.8. The van der Waals surface area contributed by atoms with Crippen LogP contribution in [0.1, 0.15) is 34.7 Å². The third kappa shape index (κ3) is 4.41. The molecule has 0 bridgehead atoms. The molecule has 1 fully saturated rings. The maximum Gasteiger partial charge on any atom is 0.412 e. The average Bonchev–Trinajstić information content (AvgIpc) is 3.31. The number of amides is 1. The first-order valence-corrected chi connectivity index (χ1v) is 10.2. The minimum atomic E-state index is -0.560. The molecule has 2 aromatic rings. The number of hydrogen-bond acceptors (Lipinski definition) is 6. The van der Waals surface area contributed by atoms with Crippen LogP contribution in [-0.4, -0.2) is 54.8 Å². The molecule has 2 atom stereocenters. The molecule has 1 N–H and O–H groups in total. The molecule has 7 heteroatoms. The number of carbonyl (C=O) groups excluding carboxylic acids is 2. The van der Waals surface area contributed by atoms with Gasteiger partial charge in [-0.1, -0.05) is 30.3 Å². The van der Waals surface area contributed by atoms with Crippen molar-refractivity contribution in [3.8, 4) is 0 Å². The molecule has 2 aliphatic heterocycles. The molecule has 3 heterocycles. The van der Waals surface area contributed by atoms with Crippen LogP contribution >= 0.6 is 0 Å². The highest BCUT2D eigenvalue weighted by molar-refractivity contribution is 6.08. The van der Waals surface area contributed by atoms with Gasteiger partial charge in [0.05, 0.1) is 13.7 Å². The number of hydrogen-bond donors (Lipinski definition) is 1. The number of nitrogens with one attached hydrogen (secondary N) is 1. The van der Waals surface area contributed by atoms with Crippen molar-refractivity contribution < 1.29 is 14.3 Å². The summed E-state index contributed by atoms with van der Waals surface area (Å²) >= 11 is 0. The third-order valence-corrected chi connectivity index (χ3v) is 5.83. The molecule has 1 aromatic carbocycles. The standard InChI is InChI=1S/C23H26N4O3/c1-27-13-17(21(14-27)15-6-4-3-5-7-15)9-19(28)10-18-8-16-11-25-22(20(16)12-24-18)26-23(29)30-2/h3-8,12,17,21H,9-11,13-14H2,1-2H3,(H,25,26,29)/t17-,21+/m1/s1. The number of amidine groups is 1. The van der Waals surface area contributed by atoms with E-state index in [0.29, 0.717) is 37.1 Å². The Kier molecular flexibility index (Phi) is 5.90. The smallest absolute Gasteiger partial charge is 0.412 e. The van der Waals surface area contributed by atoms with E-state index in [9.17, 15) is 9.59 Å². The number of nitrogens with zero attached hydrogens (tertiary/aromatic N) is 3. The molecule has 7 nitrogen and oxygen atoms in total. The van der Waals surface area contributed by atoms with Gasteiger partial charge in [0.25, 0.3) is 0 Å². The van der Waals surface area contributed by atoms with Gasteiger partial charge in [-0.3, -0.25) is 20.1 Å². The van der Waals surface area contributed by atoms with Crippen LogP contribution in [0.2, 0.25) is 0 Å². The number of Topliss-reactive ketones (excluding diaryl/α,β-unsaturated/α-hetero) is 1. The Hall–Kier alpha value is -3.06. The number of carbonyl (C=O) groups is 2. The van der Waals surface area contributed by atoms with Gasteiger partial charge >= 0.3 is 6.09 Å². The molecule has 0 unspecified atom stereocenters. The third-order valence-electron chi connectivity index (χ3n) is 5.83. The van der Waals surface area contributed by atoms with E-state index in [4.69, 9.17) is 0 Å². The number of aliphatic imine (C=N–C) groups is 1. The minimum absolute atomic E-state index is 0.204. The SMILES string of the molecule is COC(=O)NC1=NCc2cc(CC(=O)C[C@@H]3CN(C)C[C@H]3c3ccccc3)ncc21. The quantitative estimate of drug-likeness (QED) is 0.825. The summed E-state index contributed by atoms with van der Waals surface area (Å²) in [6, 6.07) is 12.4. The lowest BCUT2D eigenvalue weighted by atomic mass is 9.85. The number of ether oxygens (including phenoxy) is 1. The lowest BCUT2D eigenvalue weighted by molar-refractivity contribution is -0.119. The molecule has 156 valence electrons. The Balaban J connectivity index is 1.39. The predicted octanol–water partition coefficient (Wildman–Crippen LogP) is 2.54. The van der Waals surface area contributed by atoms with Crippen molar-refractivity contribution in [1.82, 2.24) is 15.2 Å². The lowest BCUT2D eigenvalue weighted by Gasteiger charge is -2.18. The van der Waals surface area contributed by atoms with Crippen molar-refractivity contribution in [2.75, 3.05) is 27.2 Å². The second kappa shape index (κ2) is 8.75. The van der Waals surface area contributed by atoms with Gasteiger partial charge in [-0.15, -0.1) is 0 Å². The van der Waals surface area contributed by atoms with Gasteiger partial charge < -0.3 is 9.64 Å².